The molecule has 0 amide bonds. The van der Waals surface area contributed by atoms with Crippen LogP contribution < -0.4 is 9.47 Å². The van der Waals surface area contributed by atoms with Crippen molar-refractivity contribution in [2.24, 2.45) is 0 Å². The molecule has 0 heterocycles. The minimum Gasteiger partial charge on any atom is -0.507 e. The summed E-state index contributed by atoms with van der Waals surface area (Å²) in [7, 11) is 1.67. The van der Waals surface area contributed by atoms with Gasteiger partial charge in [-0.15, -0.1) is 0 Å². The molecule has 5 nitrogen and oxygen atoms in total. The number of ether oxygens (including phenoxy) is 2. The number of phenolic OH excluding ortho intramolecular Hbond substituents is 1. The van der Waals surface area contributed by atoms with Crippen molar-refractivity contribution < 1.29 is 24.5 Å². The quantitative estimate of drug-likeness (QED) is 0.180. The third-order valence-corrected chi connectivity index (χ3v) is 8.42. The number of halogens is 2. The zero-order valence-electron chi connectivity index (χ0n) is 24.9. The van der Waals surface area contributed by atoms with Crippen LogP contribution in [0.4, 0.5) is 0 Å². The average Bonchev–Trinajstić information content (AvgIpc) is 2.88. The van der Waals surface area contributed by atoms with Gasteiger partial charge in [-0.05, 0) is 99.0 Å². The number of aromatic hydroxyl groups is 1. The zero-order valence-corrected chi connectivity index (χ0v) is 28.1. The molecule has 220 valence electrons. The van der Waals surface area contributed by atoms with Gasteiger partial charge in [-0.1, -0.05) is 68.3 Å². The minimum atomic E-state index is -0.913. The number of hydrogen-bond acceptors (Lipinski definition) is 4. The number of phenols is 1. The fourth-order valence-electron chi connectivity index (χ4n) is 5.33. The maximum absolute atomic E-state index is 11.4. The van der Waals surface area contributed by atoms with E-state index in [2.05, 4.69) is 77.8 Å². The smallest absolute Gasteiger partial charge is 0.307 e. The van der Waals surface area contributed by atoms with Crippen molar-refractivity contribution in [2.45, 2.75) is 59.3 Å². The third-order valence-electron chi connectivity index (χ3n) is 7.24. The maximum Gasteiger partial charge on any atom is 0.307 e. The van der Waals surface area contributed by atoms with Gasteiger partial charge in [0.15, 0.2) is 5.75 Å². The van der Waals surface area contributed by atoms with Gasteiger partial charge >= 0.3 is 5.97 Å². The molecule has 4 rings (SSSR count). The van der Waals surface area contributed by atoms with Crippen molar-refractivity contribution in [1.29, 1.82) is 0 Å². The standard InChI is InChI=1S/C35H36Br2O5/c1-19-9-8-10-23(12-19)32(25-13-20(2)11-21(3)33(25)40)24-17-30(41-7)26(35(4,5)6)18-29(24)42-34-27(36)14-22(15-28(34)37)16-31(38)39/h8-15,17-18,32,40H,16H2,1-7H3,(H,38,39). The number of methoxy groups -OCH3 is 1. The number of carboxylic acids is 1. The molecule has 0 radical (unpaired) electrons. The number of benzene rings is 4. The largest absolute Gasteiger partial charge is 0.507 e. The number of carboxylic acid groups (broad SMARTS) is 1. The van der Waals surface area contributed by atoms with Crippen molar-refractivity contribution in [3.05, 3.63) is 114 Å². The van der Waals surface area contributed by atoms with Gasteiger partial charge in [-0.2, -0.15) is 0 Å². The predicted molar refractivity (Wildman–Crippen MR) is 175 cm³/mol. The Morgan fingerprint density at radius 3 is 2.12 bits per heavy atom. The number of aliphatic carboxylic acids is 1. The van der Waals surface area contributed by atoms with Gasteiger partial charge in [0.05, 0.1) is 22.5 Å². The lowest BCUT2D eigenvalue weighted by Gasteiger charge is -2.28. The first kappa shape index (κ1) is 31.6. The van der Waals surface area contributed by atoms with Crippen LogP contribution in [0.2, 0.25) is 0 Å². The molecule has 2 N–H and O–H groups in total. The van der Waals surface area contributed by atoms with E-state index in [0.717, 1.165) is 44.7 Å². The van der Waals surface area contributed by atoms with E-state index >= 15 is 0 Å². The molecule has 1 atom stereocenters. The van der Waals surface area contributed by atoms with Crippen LogP contribution in [0.3, 0.4) is 0 Å². The Morgan fingerprint density at radius 2 is 1.55 bits per heavy atom. The number of hydrogen-bond donors (Lipinski definition) is 2. The minimum absolute atomic E-state index is 0.110. The fraction of sp³-hybridized carbons (Fsp3) is 0.286. The lowest BCUT2D eigenvalue weighted by Crippen LogP contribution is -2.15. The highest BCUT2D eigenvalue weighted by atomic mass is 79.9. The summed E-state index contributed by atoms with van der Waals surface area (Å²) in [6, 6.07) is 19.8. The Hall–Kier alpha value is -3.29. The maximum atomic E-state index is 11.4. The van der Waals surface area contributed by atoms with Crippen molar-refractivity contribution in [2.75, 3.05) is 7.11 Å². The van der Waals surface area contributed by atoms with Crippen LogP contribution in [0.5, 0.6) is 23.0 Å². The Balaban J connectivity index is 2.05. The normalized spacial score (nSPS) is 12.2. The number of carbonyl (C=O) groups is 1. The summed E-state index contributed by atoms with van der Waals surface area (Å²) in [5.41, 5.74) is 6.86. The Bertz CT molecular complexity index is 1630. The number of rotatable bonds is 8. The highest BCUT2D eigenvalue weighted by molar-refractivity contribution is 9.11. The second-order valence-electron chi connectivity index (χ2n) is 11.8. The molecule has 0 saturated heterocycles. The van der Waals surface area contributed by atoms with E-state index in [0.29, 0.717) is 26.0 Å². The van der Waals surface area contributed by atoms with E-state index in [1.54, 1.807) is 19.2 Å². The van der Waals surface area contributed by atoms with E-state index in [-0.39, 0.29) is 23.5 Å². The van der Waals surface area contributed by atoms with Crippen LogP contribution in [-0.4, -0.2) is 23.3 Å². The second kappa shape index (κ2) is 12.5. The summed E-state index contributed by atoms with van der Waals surface area (Å²) >= 11 is 7.22. The average molecular weight is 696 g/mol. The SMILES string of the molecule is COc1cc(C(c2cccc(C)c2)c2cc(C)cc(C)c2O)c(Oc2c(Br)cc(CC(=O)O)cc2Br)cc1C(C)(C)C. The first-order valence-corrected chi connectivity index (χ1v) is 15.2. The van der Waals surface area contributed by atoms with Crippen LogP contribution in [0, 0.1) is 20.8 Å². The van der Waals surface area contributed by atoms with Gasteiger partial charge in [0.25, 0.3) is 0 Å². The summed E-state index contributed by atoms with van der Waals surface area (Å²) < 4.78 is 13.9. The topological polar surface area (TPSA) is 76.0 Å². The van der Waals surface area contributed by atoms with Crippen molar-refractivity contribution >= 4 is 37.8 Å². The van der Waals surface area contributed by atoms with Gasteiger partial charge in [0.1, 0.15) is 17.2 Å². The van der Waals surface area contributed by atoms with E-state index in [9.17, 15) is 15.0 Å². The zero-order chi connectivity index (χ0) is 30.9. The number of aryl methyl sites for hydroxylation is 3. The molecule has 0 saturated carbocycles. The summed E-state index contributed by atoms with van der Waals surface area (Å²) in [5.74, 6) is 0.772. The van der Waals surface area contributed by atoms with Crippen molar-refractivity contribution in [3.8, 4) is 23.0 Å². The molecule has 4 aromatic carbocycles. The molecule has 0 aliphatic rings. The Morgan fingerprint density at radius 1 is 0.881 bits per heavy atom. The second-order valence-corrected chi connectivity index (χ2v) is 13.5. The van der Waals surface area contributed by atoms with E-state index in [4.69, 9.17) is 9.47 Å². The van der Waals surface area contributed by atoms with E-state index in [1.165, 1.54) is 0 Å². The van der Waals surface area contributed by atoms with Crippen LogP contribution in [0.15, 0.2) is 69.6 Å². The molecular formula is C35H36Br2O5. The van der Waals surface area contributed by atoms with Crippen LogP contribution in [0.25, 0.3) is 0 Å². The summed E-state index contributed by atoms with van der Waals surface area (Å²) in [6.07, 6.45) is -0.110. The fourth-order valence-corrected chi connectivity index (χ4v) is 6.77. The lowest BCUT2D eigenvalue weighted by atomic mass is 9.79. The first-order chi connectivity index (χ1) is 19.7. The molecule has 0 spiro atoms. The molecule has 0 aliphatic carbocycles. The first-order valence-electron chi connectivity index (χ1n) is 13.7. The molecule has 0 bridgehead atoms. The van der Waals surface area contributed by atoms with Crippen molar-refractivity contribution in [1.82, 2.24) is 0 Å². The van der Waals surface area contributed by atoms with Gasteiger partial charge in [0.2, 0.25) is 0 Å². The summed E-state index contributed by atoms with van der Waals surface area (Å²) in [5, 5.41) is 20.7. The van der Waals surface area contributed by atoms with E-state index in [1.807, 2.05) is 44.2 Å². The highest BCUT2D eigenvalue weighted by Crippen LogP contribution is 2.49. The van der Waals surface area contributed by atoms with Gasteiger partial charge in [0, 0.05) is 22.6 Å². The molecule has 0 aromatic heterocycles. The predicted octanol–water partition coefficient (Wildman–Crippen LogP) is 9.75. The Kier molecular flexibility index (Phi) is 9.43. The molecule has 0 fully saturated rings. The molecule has 1 unspecified atom stereocenters. The van der Waals surface area contributed by atoms with Gasteiger partial charge in [-0.25, -0.2) is 0 Å². The monoisotopic (exact) mass is 694 g/mol. The molecule has 4 aromatic rings. The molecular weight excluding hydrogens is 660 g/mol. The van der Waals surface area contributed by atoms with Crippen molar-refractivity contribution in [3.63, 3.8) is 0 Å². The molecule has 42 heavy (non-hydrogen) atoms. The molecule has 0 aliphatic heterocycles. The lowest BCUT2D eigenvalue weighted by molar-refractivity contribution is -0.136. The van der Waals surface area contributed by atoms with E-state index < -0.39 is 5.97 Å². The highest BCUT2D eigenvalue weighted by Gasteiger charge is 2.30. The third kappa shape index (κ3) is 6.84. The summed E-state index contributed by atoms with van der Waals surface area (Å²) in [6.45, 7) is 12.3. The van der Waals surface area contributed by atoms with Crippen LogP contribution in [0.1, 0.15) is 71.2 Å². The molecule has 7 heteroatoms. The summed E-state index contributed by atoms with van der Waals surface area (Å²) in [4.78, 5) is 11.4. The van der Waals surface area contributed by atoms with Crippen LogP contribution in [-0.2, 0) is 16.6 Å². The Labute approximate surface area is 264 Å². The van der Waals surface area contributed by atoms with Crippen LogP contribution >= 0.6 is 31.9 Å². The van der Waals surface area contributed by atoms with Gasteiger partial charge in [-0.3, -0.25) is 4.79 Å². The van der Waals surface area contributed by atoms with Gasteiger partial charge < -0.3 is 19.7 Å².